The Labute approximate surface area is 182 Å². The molecule has 2 saturated heterocycles. The number of fused-ring (bicyclic) bond motifs is 1. The predicted octanol–water partition coefficient (Wildman–Crippen LogP) is 2.31. The van der Waals surface area contributed by atoms with E-state index in [1.54, 1.807) is 10.8 Å². The van der Waals surface area contributed by atoms with E-state index in [0.29, 0.717) is 5.91 Å². The number of rotatable bonds is 3. The maximum atomic E-state index is 13.2. The van der Waals surface area contributed by atoms with Crippen LogP contribution in [0.1, 0.15) is 24.0 Å². The van der Waals surface area contributed by atoms with Crippen molar-refractivity contribution in [3.8, 4) is 0 Å². The first-order valence-electron chi connectivity index (χ1n) is 11.1. The molecule has 0 radical (unpaired) electrons. The third kappa shape index (κ3) is 3.82. The minimum absolute atomic E-state index is 0.113. The Morgan fingerprint density at radius 1 is 0.935 bits per heavy atom. The van der Waals surface area contributed by atoms with Crippen LogP contribution in [0.3, 0.4) is 0 Å². The summed E-state index contributed by atoms with van der Waals surface area (Å²) in [6.45, 7) is 9.45. The van der Waals surface area contributed by atoms with Crippen molar-refractivity contribution < 1.29 is 4.79 Å². The summed E-state index contributed by atoms with van der Waals surface area (Å²) in [6.07, 6.45) is 3.36. The fourth-order valence-corrected chi connectivity index (χ4v) is 4.75. The smallest absolute Gasteiger partial charge is 0.225 e. The third-order valence-corrected chi connectivity index (χ3v) is 6.82. The molecule has 2 aliphatic heterocycles. The van der Waals surface area contributed by atoms with Gasteiger partial charge in [0.05, 0.1) is 0 Å². The Hall–Kier alpha value is -3.16. The lowest BCUT2D eigenvalue weighted by molar-refractivity contribution is -0.136. The standard InChI is InChI=1S/C23H29N7O/c1-17-4-3-5-20(18(17)2)27-12-14-29(15-13-27)23(31)19-8-10-28(11-9-19)22-7-6-21-25-24-16-30(21)26-22/h3-7,16,19H,8-15H2,1-2H3. The summed E-state index contributed by atoms with van der Waals surface area (Å²) in [4.78, 5) is 19.9. The number of amides is 1. The molecule has 0 spiro atoms. The van der Waals surface area contributed by atoms with Gasteiger partial charge in [0, 0.05) is 50.9 Å². The zero-order valence-corrected chi connectivity index (χ0v) is 18.2. The maximum Gasteiger partial charge on any atom is 0.225 e. The highest BCUT2D eigenvalue weighted by atomic mass is 16.2. The molecule has 162 valence electrons. The Morgan fingerprint density at radius 3 is 2.48 bits per heavy atom. The second-order valence-electron chi connectivity index (χ2n) is 8.62. The average molecular weight is 420 g/mol. The Kier molecular flexibility index (Phi) is 5.21. The molecule has 1 aromatic carbocycles. The Balaban J connectivity index is 1.16. The number of carbonyl (C=O) groups excluding carboxylic acids is 1. The molecule has 1 amide bonds. The van der Waals surface area contributed by atoms with E-state index in [1.165, 1.54) is 16.8 Å². The Morgan fingerprint density at radius 2 is 1.71 bits per heavy atom. The fraction of sp³-hybridized carbons (Fsp3) is 0.478. The van der Waals surface area contributed by atoms with E-state index in [1.807, 2.05) is 12.1 Å². The molecule has 0 aliphatic carbocycles. The van der Waals surface area contributed by atoms with E-state index < -0.39 is 0 Å². The van der Waals surface area contributed by atoms with Crippen LogP contribution in [-0.4, -0.2) is 69.9 Å². The van der Waals surface area contributed by atoms with Gasteiger partial charge in [-0.3, -0.25) is 4.79 Å². The first-order chi connectivity index (χ1) is 15.1. The van der Waals surface area contributed by atoms with E-state index in [2.05, 4.69) is 62.0 Å². The lowest BCUT2D eigenvalue weighted by atomic mass is 9.95. The lowest BCUT2D eigenvalue weighted by Crippen LogP contribution is -2.52. The lowest BCUT2D eigenvalue weighted by Gasteiger charge is -2.40. The summed E-state index contributed by atoms with van der Waals surface area (Å²) in [7, 11) is 0. The van der Waals surface area contributed by atoms with Gasteiger partial charge in [-0.15, -0.1) is 15.3 Å². The molecule has 0 atom stereocenters. The van der Waals surface area contributed by atoms with E-state index in [9.17, 15) is 4.79 Å². The number of aryl methyl sites for hydroxylation is 1. The Bertz CT molecular complexity index is 1080. The van der Waals surface area contributed by atoms with Crippen LogP contribution >= 0.6 is 0 Å². The van der Waals surface area contributed by atoms with Crippen molar-refractivity contribution >= 4 is 23.1 Å². The van der Waals surface area contributed by atoms with Crippen molar-refractivity contribution in [3.05, 3.63) is 47.8 Å². The molecule has 31 heavy (non-hydrogen) atoms. The molecule has 4 heterocycles. The van der Waals surface area contributed by atoms with E-state index in [0.717, 1.165) is 63.6 Å². The SMILES string of the molecule is Cc1cccc(N2CCN(C(=O)C3CCN(c4ccc5nncn5n4)CC3)CC2)c1C. The first-order valence-corrected chi connectivity index (χ1v) is 11.1. The number of carbonyl (C=O) groups is 1. The number of piperidine rings is 1. The van der Waals surface area contributed by atoms with E-state index in [-0.39, 0.29) is 5.92 Å². The molecule has 0 bridgehead atoms. The van der Waals surface area contributed by atoms with Crippen LogP contribution in [0.5, 0.6) is 0 Å². The number of hydrogen-bond acceptors (Lipinski definition) is 6. The van der Waals surface area contributed by atoms with Crippen molar-refractivity contribution in [2.45, 2.75) is 26.7 Å². The molecular formula is C23H29N7O. The first kappa shape index (κ1) is 19.8. The number of piperazine rings is 1. The van der Waals surface area contributed by atoms with Crippen molar-refractivity contribution in [1.29, 1.82) is 0 Å². The maximum absolute atomic E-state index is 13.2. The predicted molar refractivity (Wildman–Crippen MR) is 120 cm³/mol. The number of nitrogens with zero attached hydrogens (tertiary/aromatic N) is 7. The minimum Gasteiger partial charge on any atom is -0.368 e. The second kappa shape index (κ2) is 8.17. The van der Waals surface area contributed by atoms with E-state index in [4.69, 9.17) is 0 Å². The summed E-state index contributed by atoms with van der Waals surface area (Å²) < 4.78 is 1.70. The van der Waals surface area contributed by atoms with Gasteiger partial charge in [0.15, 0.2) is 5.65 Å². The van der Waals surface area contributed by atoms with Gasteiger partial charge in [-0.1, -0.05) is 12.1 Å². The molecule has 2 aromatic heterocycles. The van der Waals surface area contributed by atoms with Crippen LogP contribution in [0.15, 0.2) is 36.7 Å². The summed E-state index contributed by atoms with van der Waals surface area (Å²) in [5, 5.41) is 12.5. The van der Waals surface area contributed by atoms with Gasteiger partial charge in [0.1, 0.15) is 12.1 Å². The molecule has 8 nitrogen and oxygen atoms in total. The van der Waals surface area contributed by atoms with Gasteiger partial charge in [0.25, 0.3) is 0 Å². The van der Waals surface area contributed by atoms with Crippen LogP contribution in [0.4, 0.5) is 11.5 Å². The minimum atomic E-state index is 0.113. The average Bonchev–Trinajstić information content (AvgIpc) is 3.29. The molecular weight excluding hydrogens is 390 g/mol. The van der Waals surface area contributed by atoms with Gasteiger partial charge in [-0.25, -0.2) is 0 Å². The van der Waals surface area contributed by atoms with Gasteiger partial charge in [-0.05, 0) is 56.0 Å². The molecule has 8 heteroatoms. The van der Waals surface area contributed by atoms with Crippen LogP contribution in [-0.2, 0) is 4.79 Å². The van der Waals surface area contributed by atoms with Gasteiger partial charge in [-0.2, -0.15) is 4.52 Å². The van der Waals surface area contributed by atoms with Gasteiger partial charge in [0.2, 0.25) is 5.91 Å². The third-order valence-electron chi connectivity index (χ3n) is 6.82. The topological polar surface area (TPSA) is 69.9 Å². The monoisotopic (exact) mass is 419 g/mol. The summed E-state index contributed by atoms with van der Waals surface area (Å²) in [5.74, 6) is 1.35. The van der Waals surface area contributed by atoms with Crippen molar-refractivity contribution in [2.24, 2.45) is 5.92 Å². The summed E-state index contributed by atoms with van der Waals surface area (Å²) in [5.41, 5.74) is 4.71. The number of hydrogen-bond donors (Lipinski definition) is 0. The van der Waals surface area contributed by atoms with Crippen molar-refractivity contribution in [3.63, 3.8) is 0 Å². The molecule has 0 N–H and O–H groups in total. The van der Waals surface area contributed by atoms with Crippen molar-refractivity contribution in [2.75, 3.05) is 49.1 Å². The fourth-order valence-electron chi connectivity index (χ4n) is 4.75. The van der Waals surface area contributed by atoms with Crippen LogP contribution in [0.2, 0.25) is 0 Å². The number of anilines is 2. The number of aromatic nitrogens is 4. The molecule has 5 rings (SSSR count). The highest BCUT2D eigenvalue weighted by Crippen LogP contribution is 2.26. The van der Waals surface area contributed by atoms with Crippen LogP contribution < -0.4 is 9.80 Å². The summed E-state index contributed by atoms with van der Waals surface area (Å²) >= 11 is 0. The second-order valence-corrected chi connectivity index (χ2v) is 8.62. The molecule has 3 aromatic rings. The summed E-state index contributed by atoms with van der Waals surface area (Å²) in [6, 6.07) is 10.4. The van der Waals surface area contributed by atoms with Crippen molar-refractivity contribution in [1.82, 2.24) is 24.7 Å². The highest BCUT2D eigenvalue weighted by molar-refractivity contribution is 5.79. The number of benzene rings is 1. The van der Waals surface area contributed by atoms with E-state index >= 15 is 0 Å². The van der Waals surface area contributed by atoms with Gasteiger partial charge >= 0.3 is 0 Å². The normalized spacial score (nSPS) is 18.1. The van der Waals surface area contributed by atoms with Crippen LogP contribution in [0.25, 0.3) is 5.65 Å². The highest BCUT2D eigenvalue weighted by Gasteiger charge is 2.31. The molecule has 2 aliphatic rings. The zero-order valence-electron chi connectivity index (χ0n) is 18.2. The van der Waals surface area contributed by atoms with Crippen LogP contribution in [0, 0.1) is 19.8 Å². The largest absolute Gasteiger partial charge is 0.368 e. The molecule has 0 saturated carbocycles. The zero-order chi connectivity index (χ0) is 21.4. The molecule has 2 fully saturated rings. The van der Waals surface area contributed by atoms with Gasteiger partial charge < -0.3 is 14.7 Å². The quantitative estimate of drug-likeness (QED) is 0.649. The molecule has 0 unspecified atom stereocenters.